The highest BCUT2D eigenvalue weighted by atomic mass is 16.5. The molecule has 90 valence electrons. The van der Waals surface area contributed by atoms with Gasteiger partial charge in [-0.3, -0.25) is 4.90 Å². The lowest BCUT2D eigenvalue weighted by molar-refractivity contribution is 0.0108. The Labute approximate surface area is 92.7 Å². The van der Waals surface area contributed by atoms with Crippen molar-refractivity contribution in [3.63, 3.8) is 0 Å². The van der Waals surface area contributed by atoms with Crippen LogP contribution in [0.4, 0.5) is 0 Å². The van der Waals surface area contributed by atoms with E-state index >= 15 is 0 Å². The fourth-order valence-electron chi connectivity index (χ4n) is 2.23. The van der Waals surface area contributed by atoms with Crippen LogP contribution in [0.5, 0.6) is 0 Å². The van der Waals surface area contributed by atoms with Gasteiger partial charge in [0.05, 0.1) is 6.10 Å². The van der Waals surface area contributed by atoms with E-state index in [-0.39, 0.29) is 0 Å². The van der Waals surface area contributed by atoms with Gasteiger partial charge in [-0.05, 0) is 19.3 Å². The first-order chi connectivity index (χ1) is 7.31. The molecule has 1 rings (SSSR count). The molecule has 4 nitrogen and oxygen atoms in total. The Kier molecular flexibility index (Phi) is 6.17. The van der Waals surface area contributed by atoms with Crippen LogP contribution in [-0.2, 0) is 9.47 Å². The highest BCUT2D eigenvalue weighted by Gasteiger charge is 2.26. The summed E-state index contributed by atoms with van der Waals surface area (Å²) in [5.74, 6) is 0. The molecule has 4 heteroatoms. The standard InChI is InChI=1S/C11H24N2O2/c1-14-7-3-5-13-6-4-11(15-2)8-10(13)9-12/h10-11H,3-9,12H2,1-2H3. The lowest BCUT2D eigenvalue weighted by Crippen LogP contribution is -2.48. The second-order valence-corrected chi connectivity index (χ2v) is 4.15. The molecule has 0 amide bonds. The van der Waals surface area contributed by atoms with Crippen molar-refractivity contribution in [2.24, 2.45) is 5.73 Å². The zero-order valence-electron chi connectivity index (χ0n) is 9.95. The smallest absolute Gasteiger partial charge is 0.0599 e. The molecule has 1 aliphatic heterocycles. The van der Waals surface area contributed by atoms with Crippen LogP contribution in [0.15, 0.2) is 0 Å². The maximum Gasteiger partial charge on any atom is 0.0599 e. The maximum absolute atomic E-state index is 5.79. The maximum atomic E-state index is 5.79. The molecule has 0 aromatic rings. The first kappa shape index (κ1) is 12.9. The molecule has 1 heterocycles. The predicted molar refractivity (Wildman–Crippen MR) is 60.9 cm³/mol. The van der Waals surface area contributed by atoms with E-state index < -0.39 is 0 Å². The zero-order chi connectivity index (χ0) is 11.1. The van der Waals surface area contributed by atoms with Gasteiger partial charge in [-0.2, -0.15) is 0 Å². The van der Waals surface area contributed by atoms with E-state index in [1.807, 2.05) is 0 Å². The first-order valence-electron chi connectivity index (χ1n) is 5.77. The molecule has 0 aliphatic carbocycles. The first-order valence-corrected chi connectivity index (χ1v) is 5.77. The SMILES string of the molecule is COCCCN1CCC(OC)CC1CN. The van der Waals surface area contributed by atoms with Crippen LogP contribution >= 0.6 is 0 Å². The highest BCUT2D eigenvalue weighted by molar-refractivity contribution is 4.82. The van der Waals surface area contributed by atoms with Gasteiger partial charge in [-0.15, -0.1) is 0 Å². The molecule has 1 aliphatic rings. The molecule has 0 aromatic carbocycles. The molecular weight excluding hydrogens is 192 g/mol. The minimum atomic E-state index is 0.400. The van der Waals surface area contributed by atoms with Crippen molar-refractivity contribution in [2.45, 2.75) is 31.4 Å². The van der Waals surface area contributed by atoms with Gasteiger partial charge < -0.3 is 15.2 Å². The summed E-state index contributed by atoms with van der Waals surface area (Å²) >= 11 is 0. The van der Waals surface area contributed by atoms with Gasteiger partial charge in [0.1, 0.15) is 0 Å². The van der Waals surface area contributed by atoms with Crippen molar-refractivity contribution in [2.75, 3.05) is 40.5 Å². The average Bonchev–Trinajstić information content (AvgIpc) is 2.29. The molecule has 0 bridgehead atoms. The van der Waals surface area contributed by atoms with E-state index in [2.05, 4.69) is 4.90 Å². The second kappa shape index (κ2) is 7.17. The van der Waals surface area contributed by atoms with E-state index in [4.69, 9.17) is 15.2 Å². The molecule has 0 spiro atoms. The van der Waals surface area contributed by atoms with Crippen LogP contribution < -0.4 is 5.73 Å². The van der Waals surface area contributed by atoms with E-state index in [9.17, 15) is 0 Å². The summed E-state index contributed by atoms with van der Waals surface area (Å²) in [4.78, 5) is 2.47. The van der Waals surface area contributed by atoms with Gasteiger partial charge in [-0.1, -0.05) is 0 Å². The highest BCUT2D eigenvalue weighted by Crippen LogP contribution is 2.19. The summed E-state index contributed by atoms with van der Waals surface area (Å²) in [7, 11) is 3.54. The molecule has 0 saturated carbocycles. The van der Waals surface area contributed by atoms with Gasteiger partial charge in [0, 0.05) is 46.5 Å². The molecule has 2 N–H and O–H groups in total. The lowest BCUT2D eigenvalue weighted by Gasteiger charge is -2.38. The number of ether oxygens (including phenoxy) is 2. The normalized spacial score (nSPS) is 28.2. The number of rotatable bonds is 6. The quantitative estimate of drug-likeness (QED) is 0.655. The summed E-state index contributed by atoms with van der Waals surface area (Å²) < 4.78 is 10.5. The molecule has 15 heavy (non-hydrogen) atoms. The van der Waals surface area contributed by atoms with Gasteiger partial charge >= 0.3 is 0 Å². The number of methoxy groups -OCH3 is 2. The lowest BCUT2D eigenvalue weighted by atomic mass is 9.99. The van der Waals surface area contributed by atoms with E-state index in [0.717, 1.165) is 45.5 Å². The third-order valence-corrected chi connectivity index (χ3v) is 3.19. The Balaban J connectivity index is 2.30. The van der Waals surface area contributed by atoms with E-state index in [1.165, 1.54) is 0 Å². The summed E-state index contributed by atoms with van der Waals surface area (Å²) in [5.41, 5.74) is 5.79. The topological polar surface area (TPSA) is 47.7 Å². The number of nitrogens with zero attached hydrogens (tertiary/aromatic N) is 1. The van der Waals surface area contributed by atoms with Crippen LogP contribution in [0.2, 0.25) is 0 Å². The summed E-state index contributed by atoms with van der Waals surface area (Å²) in [6, 6.07) is 0.487. The Morgan fingerprint density at radius 3 is 2.80 bits per heavy atom. The monoisotopic (exact) mass is 216 g/mol. The number of nitrogens with two attached hydrogens (primary N) is 1. The molecule has 2 unspecified atom stereocenters. The summed E-state index contributed by atoms with van der Waals surface area (Å²) in [5, 5.41) is 0. The number of likely N-dealkylation sites (tertiary alicyclic amines) is 1. The largest absolute Gasteiger partial charge is 0.385 e. The second-order valence-electron chi connectivity index (χ2n) is 4.15. The molecular formula is C11H24N2O2. The third kappa shape index (κ3) is 4.07. The van der Waals surface area contributed by atoms with Crippen molar-refractivity contribution in [3.8, 4) is 0 Å². The summed E-state index contributed by atoms with van der Waals surface area (Å²) in [6.45, 7) is 3.75. The fraction of sp³-hybridized carbons (Fsp3) is 1.00. The fourth-order valence-corrected chi connectivity index (χ4v) is 2.23. The minimum Gasteiger partial charge on any atom is -0.385 e. The van der Waals surface area contributed by atoms with Gasteiger partial charge in [0.25, 0.3) is 0 Å². The molecule has 0 radical (unpaired) electrons. The molecule has 1 fully saturated rings. The minimum absolute atomic E-state index is 0.400. The molecule has 1 saturated heterocycles. The number of piperidine rings is 1. The zero-order valence-corrected chi connectivity index (χ0v) is 9.95. The van der Waals surface area contributed by atoms with Gasteiger partial charge in [0.2, 0.25) is 0 Å². The van der Waals surface area contributed by atoms with E-state index in [0.29, 0.717) is 12.1 Å². The Morgan fingerprint density at radius 1 is 1.40 bits per heavy atom. The van der Waals surface area contributed by atoms with Crippen LogP contribution in [0.3, 0.4) is 0 Å². The van der Waals surface area contributed by atoms with Crippen molar-refractivity contribution in [1.29, 1.82) is 0 Å². The van der Waals surface area contributed by atoms with Crippen LogP contribution in [0.25, 0.3) is 0 Å². The summed E-state index contributed by atoms with van der Waals surface area (Å²) in [6.07, 6.45) is 3.68. The number of hydrogen-bond donors (Lipinski definition) is 1. The predicted octanol–water partition coefficient (Wildman–Crippen LogP) is 0.461. The van der Waals surface area contributed by atoms with Crippen LogP contribution in [-0.4, -0.2) is 57.5 Å². The Morgan fingerprint density at radius 2 is 2.20 bits per heavy atom. The van der Waals surface area contributed by atoms with Crippen LogP contribution in [0, 0.1) is 0 Å². The van der Waals surface area contributed by atoms with E-state index in [1.54, 1.807) is 14.2 Å². The average molecular weight is 216 g/mol. The van der Waals surface area contributed by atoms with Crippen molar-refractivity contribution < 1.29 is 9.47 Å². The van der Waals surface area contributed by atoms with Crippen molar-refractivity contribution in [1.82, 2.24) is 4.90 Å². The van der Waals surface area contributed by atoms with Crippen molar-refractivity contribution in [3.05, 3.63) is 0 Å². The number of hydrogen-bond acceptors (Lipinski definition) is 4. The van der Waals surface area contributed by atoms with Gasteiger partial charge in [0.15, 0.2) is 0 Å². The Bertz CT molecular complexity index is 165. The van der Waals surface area contributed by atoms with Crippen LogP contribution in [0.1, 0.15) is 19.3 Å². The molecule has 0 aromatic heterocycles. The van der Waals surface area contributed by atoms with Crippen molar-refractivity contribution >= 4 is 0 Å². The third-order valence-electron chi connectivity index (χ3n) is 3.19. The molecule has 2 atom stereocenters. The Hall–Kier alpha value is -0.160. The van der Waals surface area contributed by atoms with Gasteiger partial charge in [-0.25, -0.2) is 0 Å².